The van der Waals surface area contributed by atoms with Crippen LogP contribution in [0, 0.1) is 0 Å². The van der Waals surface area contributed by atoms with Crippen molar-refractivity contribution in [3.05, 3.63) is 29.8 Å². The van der Waals surface area contributed by atoms with Gasteiger partial charge < -0.3 is 20.3 Å². The van der Waals surface area contributed by atoms with E-state index >= 15 is 0 Å². The maximum atomic E-state index is 12.4. The maximum absolute atomic E-state index is 12.4. The van der Waals surface area contributed by atoms with Gasteiger partial charge >= 0.3 is 0 Å². The molecular formula is C18H28ClN3O3. The fraction of sp³-hybridized carbons (Fsp3) is 0.556. The predicted octanol–water partition coefficient (Wildman–Crippen LogP) is 1.46. The molecule has 1 fully saturated rings. The van der Waals surface area contributed by atoms with Crippen molar-refractivity contribution in [1.82, 2.24) is 9.80 Å². The monoisotopic (exact) mass is 369 g/mol. The van der Waals surface area contributed by atoms with E-state index < -0.39 is 6.04 Å². The second-order valence-corrected chi connectivity index (χ2v) is 6.20. The van der Waals surface area contributed by atoms with Gasteiger partial charge in [0.05, 0.1) is 13.2 Å². The Labute approximate surface area is 155 Å². The molecule has 0 saturated carbocycles. The molecule has 140 valence electrons. The van der Waals surface area contributed by atoms with Crippen LogP contribution in [0.25, 0.3) is 0 Å². The van der Waals surface area contributed by atoms with Crippen molar-refractivity contribution in [1.29, 1.82) is 0 Å². The molecule has 7 heteroatoms. The number of carbonyl (C=O) groups excluding carboxylic acids is 2. The fourth-order valence-electron chi connectivity index (χ4n) is 2.88. The van der Waals surface area contributed by atoms with E-state index in [0.29, 0.717) is 39.0 Å². The first-order valence-corrected chi connectivity index (χ1v) is 8.46. The van der Waals surface area contributed by atoms with Gasteiger partial charge in [-0.3, -0.25) is 9.59 Å². The summed E-state index contributed by atoms with van der Waals surface area (Å²) in [7, 11) is 1.64. The number of ether oxygens (including phenoxy) is 1. The lowest BCUT2D eigenvalue weighted by Crippen LogP contribution is -2.44. The van der Waals surface area contributed by atoms with E-state index in [2.05, 4.69) is 0 Å². The first-order valence-electron chi connectivity index (χ1n) is 8.46. The lowest BCUT2D eigenvalue weighted by molar-refractivity contribution is -0.134. The van der Waals surface area contributed by atoms with E-state index in [1.807, 2.05) is 29.2 Å². The number of carbonyl (C=O) groups is 2. The number of nitrogens with zero attached hydrogens (tertiary/aromatic N) is 2. The summed E-state index contributed by atoms with van der Waals surface area (Å²) in [6.07, 6.45) is 1.99. The summed E-state index contributed by atoms with van der Waals surface area (Å²) in [5.74, 6) is 0.917. The van der Waals surface area contributed by atoms with Crippen molar-refractivity contribution in [3.8, 4) is 5.75 Å². The Bertz CT molecular complexity index is 563. The summed E-state index contributed by atoms with van der Waals surface area (Å²) in [5, 5.41) is 0. The van der Waals surface area contributed by atoms with Gasteiger partial charge in [-0.2, -0.15) is 0 Å². The van der Waals surface area contributed by atoms with Crippen LogP contribution in [-0.2, 0) is 16.0 Å². The van der Waals surface area contributed by atoms with Crippen molar-refractivity contribution in [2.45, 2.75) is 32.2 Å². The average Bonchev–Trinajstić information content (AvgIpc) is 2.85. The molecule has 0 unspecified atom stereocenters. The van der Waals surface area contributed by atoms with Crippen LogP contribution in [0.3, 0.4) is 0 Å². The lowest BCUT2D eigenvalue weighted by atomic mass is 10.1. The van der Waals surface area contributed by atoms with Gasteiger partial charge in [0, 0.05) is 32.6 Å². The Hall–Kier alpha value is -1.79. The summed E-state index contributed by atoms with van der Waals surface area (Å²) in [6.45, 7) is 4.21. The molecule has 1 aromatic carbocycles. The molecular weight excluding hydrogens is 342 g/mol. The molecule has 0 aromatic heterocycles. The molecule has 6 nitrogen and oxygen atoms in total. The highest BCUT2D eigenvalue weighted by molar-refractivity contribution is 5.85. The molecule has 1 aliphatic heterocycles. The first kappa shape index (κ1) is 21.3. The number of hydrogen-bond acceptors (Lipinski definition) is 4. The van der Waals surface area contributed by atoms with Crippen molar-refractivity contribution in [2.24, 2.45) is 5.73 Å². The molecule has 0 bridgehead atoms. The number of rotatable bonds is 5. The van der Waals surface area contributed by atoms with Crippen molar-refractivity contribution in [2.75, 3.05) is 33.3 Å². The second kappa shape index (κ2) is 10.3. The molecule has 1 heterocycles. The zero-order chi connectivity index (χ0) is 17.5. The SMILES string of the molecule is COc1ccc(CCC(=O)N2CCCN(C(=O)[C@@H](C)N)CC2)cc1.Cl. The van der Waals surface area contributed by atoms with Gasteiger partial charge in [-0.25, -0.2) is 0 Å². The summed E-state index contributed by atoms with van der Waals surface area (Å²) in [5.41, 5.74) is 6.78. The first-order chi connectivity index (χ1) is 11.5. The van der Waals surface area contributed by atoms with E-state index in [4.69, 9.17) is 10.5 Å². The average molecular weight is 370 g/mol. The van der Waals surface area contributed by atoms with Gasteiger partial charge in [-0.15, -0.1) is 12.4 Å². The fourth-order valence-corrected chi connectivity index (χ4v) is 2.88. The smallest absolute Gasteiger partial charge is 0.239 e. The number of aryl methyl sites for hydroxylation is 1. The molecule has 0 spiro atoms. The van der Waals surface area contributed by atoms with E-state index in [-0.39, 0.29) is 24.2 Å². The maximum Gasteiger partial charge on any atom is 0.239 e. The molecule has 2 amide bonds. The molecule has 1 aromatic rings. The van der Waals surface area contributed by atoms with Crippen molar-refractivity contribution < 1.29 is 14.3 Å². The number of methoxy groups -OCH3 is 1. The zero-order valence-corrected chi connectivity index (χ0v) is 15.8. The minimum atomic E-state index is -0.484. The second-order valence-electron chi connectivity index (χ2n) is 6.20. The molecule has 2 rings (SSSR count). The minimum Gasteiger partial charge on any atom is -0.497 e. The van der Waals surface area contributed by atoms with Crippen LogP contribution in [0.15, 0.2) is 24.3 Å². The van der Waals surface area contributed by atoms with Crippen LogP contribution < -0.4 is 10.5 Å². The predicted molar refractivity (Wildman–Crippen MR) is 100.0 cm³/mol. The Morgan fingerprint density at radius 3 is 2.32 bits per heavy atom. The summed E-state index contributed by atoms with van der Waals surface area (Å²) in [6, 6.07) is 7.30. The quantitative estimate of drug-likeness (QED) is 0.852. The van der Waals surface area contributed by atoms with Crippen LogP contribution in [0.1, 0.15) is 25.3 Å². The third kappa shape index (κ3) is 6.21. The van der Waals surface area contributed by atoms with Gasteiger partial charge in [0.2, 0.25) is 11.8 Å². The molecule has 1 aliphatic rings. The van der Waals surface area contributed by atoms with Gasteiger partial charge in [0.15, 0.2) is 0 Å². The standard InChI is InChI=1S/C18H27N3O3.ClH/c1-14(19)18(23)21-11-3-10-20(12-13-21)17(22)9-6-15-4-7-16(24-2)8-5-15;/h4-5,7-8,14H,3,6,9-13,19H2,1-2H3;1H/t14-;/m1./s1. The van der Waals surface area contributed by atoms with Crippen molar-refractivity contribution in [3.63, 3.8) is 0 Å². The van der Waals surface area contributed by atoms with E-state index in [1.165, 1.54) is 0 Å². The Balaban J connectivity index is 0.00000312. The minimum absolute atomic E-state index is 0. The summed E-state index contributed by atoms with van der Waals surface area (Å²) in [4.78, 5) is 28.0. The lowest BCUT2D eigenvalue weighted by Gasteiger charge is -2.23. The van der Waals surface area contributed by atoms with Gasteiger partial charge in [0.25, 0.3) is 0 Å². The summed E-state index contributed by atoms with van der Waals surface area (Å²) < 4.78 is 5.13. The number of amides is 2. The van der Waals surface area contributed by atoms with Crippen LogP contribution in [0.4, 0.5) is 0 Å². The number of benzene rings is 1. The Morgan fingerprint density at radius 2 is 1.72 bits per heavy atom. The van der Waals surface area contributed by atoms with E-state index in [0.717, 1.165) is 17.7 Å². The highest BCUT2D eigenvalue weighted by Crippen LogP contribution is 2.14. The third-order valence-corrected chi connectivity index (χ3v) is 4.34. The van der Waals surface area contributed by atoms with Crippen LogP contribution in [0.5, 0.6) is 5.75 Å². The third-order valence-electron chi connectivity index (χ3n) is 4.34. The highest BCUT2D eigenvalue weighted by atomic mass is 35.5. The molecule has 1 atom stereocenters. The zero-order valence-electron chi connectivity index (χ0n) is 14.9. The molecule has 25 heavy (non-hydrogen) atoms. The molecule has 0 aliphatic carbocycles. The van der Waals surface area contributed by atoms with Crippen LogP contribution >= 0.6 is 12.4 Å². The summed E-state index contributed by atoms with van der Waals surface area (Å²) >= 11 is 0. The molecule has 1 saturated heterocycles. The van der Waals surface area contributed by atoms with E-state index in [9.17, 15) is 9.59 Å². The number of halogens is 1. The molecule has 2 N–H and O–H groups in total. The Morgan fingerprint density at radius 1 is 1.12 bits per heavy atom. The topological polar surface area (TPSA) is 75.9 Å². The highest BCUT2D eigenvalue weighted by Gasteiger charge is 2.23. The van der Waals surface area contributed by atoms with Gasteiger partial charge in [-0.05, 0) is 37.5 Å². The number of hydrogen-bond donors (Lipinski definition) is 1. The Kier molecular flexibility index (Phi) is 8.72. The number of nitrogens with two attached hydrogens (primary N) is 1. The van der Waals surface area contributed by atoms with E-state index in [1.54, 1.807) is 18.9 Å². The molecule has 0 radical (unpaired) electrons. The normalized spacial score (nSPS) is 15.8. The van der Waals surface area contributed by atoms with Crippen LogP contribution in [0.2, 0.25) is 0 Å². The van der Waals surface area contributed by atoms with Crippen LogP contribution in [-0.4, -0.2) is 60.9 Å². The van der Waals surface area contributed by atoms with Gasteiger partial charge in [-0.1, -0.05) is 12.1 Å². The largest absolute Gasteiger partial charge is 0.497 e. The van der Waals surface area contributed by atoms with Crippen molar-refractivity contribution >= 4 is 24.2 Å². The van der Waals surface area contributed by atoms with Gasteiger partial charge in [0.1, 0.15) is 5.75 Å².